The fraction of sp³-hybridized carbons (Fsp3) is 0.529. The van der Waals surface area contributed by atoms with Crippen LogP contribution in [0, 0.1) is 13.8 Å². The van der Waals surface area contributed by atoms with Crippen LogP contribution in [0.25, 0.3) is 0 Å². The van der Waals surface area contributed by atoms with Crippen LogP contribution in [0.3, 0.4) is 0 Å². The standard InChI is InChI=1S/C17H24N2O2/c1-12-5-6-13(2)15(10-12)16(20)7-8-17(21)19-9-3-4-14(19)11-18/h5-6,10,14H,3-4,7-9,11,18H2,1-2H3. The molecule has 1 aliphatic rings. The van der Waals surface area contributed by atoms with Gasteiger partial charge in [0.05, 0.1) is 0 Å². The summed E-state index contributed by atoms with van der Waals surface area (Å²) in [6.45, 7) is 5.19. The first-order valence-corrected chi connectivity index (χ1v) is 7.63. The second kappa shape index (κ2) is 6.85. The third-order valence-electron chi connectivity index (χ3n) is 4.23. The molecule has 0 aromatic heterocycles. The summed E-state index contributed by atoms with van der Waals surface area (Å²) in [6.07, 6.45) is 2.55. The van der Waals surface area contributed by atoms with Gasteiger partial charge in [0.25, 0.3) is 0 Å². The molecule has 1 aromatic carbocycles. The normalized spacial score (nSPS) is 18.0. The van der Waals surface area contributed by atoms with Gasteiger partial charge in [0.1, 0.15) is 0 Å². The number of hydrogen-bond donors (Lipinski definition) is 1. The van der Waals surface area contributed by atoms with Crippen LogP contribution in [0.2, 0.25) is 0 Å². The van der Waals surface area contributed by atoms with Crippen LogP contribution in [-0.2, 0) is 4.79 Å². The summed E-state index contributed by atoms with van der Waals surface area (Å²) in [7, 11) is 0. The minimum Gasteiger partial charge on any atom is -0.338 e. The maximum absolute atomic E-state index is 12.3. The number of likely N-dealkylation sites (tertiary alicyclic amines) is 1. The SMILES string of the molecule is Cc1ccc(C)c(C(=O)CCC(=O)N2CCCC2CN)c1. The quantitative estimate of drug-likeness (QED) is 0.845. The molecular weight excluding hydrogens is 264 g/mol. The molecule has 0 spiro atoms. The smallest absolute Gasteiger partial charge is 0.223 e. The number of aryl methyl sites for hydroxylation is 2. The van der Waals surface area contributed by atoms with E-state index in [9.17, 15) is 9.59 Å². The minimum atomic E-state index is 0.0491. The summed E-state index contributed by atoms with van der Waals surface area (Å²) in [5.41, 5.74) is 8.46. The van der Waals surface area contributed by atoms with E-state index in [0.717, 1.165) is 36.1 Å². The number of nitrogens with two attached hydrogens (primary N) is 1. The average molecular weight is 288 g/mol. The van der Waals surface area contributed by atoms with E-state index in [0.29, 0.717) is 6.54 Å². The van der Waals surface area contributed by atoms with Crippen molar-refractivity contribution in [1.82, 2.24) is 4.90 Å². The molecule has 4 nitrogen and oxygen atoms in total. The Morgan fingerprint density at radius 1 is 1.29 bits per heavy atom. The molecule has 0 radical (unpaired) electrons. The number of Topliss-reactive ketones (excluding diaryl/α,β-unsaturated/α-hetero) is 1. The van der Waals surface area contributed by atoms with E-state index in [4.69, 9.17) is 5.73 Å². The van der Waals surface area contributed by atoms with Crippen LogP contribution in [0.1, 0.15) is 47.2 Å². The van der Waals surface area contributed by atoms with Crippen molar-refractivity contribution in [2.45, 2.75) is 45.6 Å². The van der Waals surface area contributed by atoms with Crippen molar-refractivity contribution in [2.24, 2.45) is 5.73 Å². The lowest BCUT2D eigenvalue weighted by atomic mass is 9.99. The number of hydrogen-bond acceptors (Lipinski definition) is 3. The summed E-state index contributed by atoms with van der Waals surface area (Å²) in [6, 6.07) is 6.01. The van der Waals surface area contributed by atoms with Gasteiger partial charge in [0.15, 0.2) is 5.78 Å². The van der Waals surface area contributed by atoms with E-state index >= 15 is 0 Å². The molecule has 2 N–H and O–H groups in total. The largest absolute Gasteiger partial charge is 0.338 e. The van der Waals surface area contributed by atoms with Crippen LogP contribution < -0.4 is 5.73 Å². The minimum absolute atomic E-state index is 0.0491. The highest BCUT2D eigenvalue weighted by molar-refractivity contribution is 5.99. The third kappa shape index (κ3) is 3.70. The first kappa shape index (κ1) is 15.7. The number of nitrogens with zero attached hydrogens (tertiary/aromatic N) is 1. The van der Waals surface area contributed by atoms with Crippen LogP contribution >= 0.6 is 0 Å². The third-order valence-corrected chi connectivity index (χ3v) is 4.23. The molecule has 1 unspecified atom stereocenters. The van der Waals surface area contributed by atoms with Crippen LogP contribution in [-0.4, -0.2) is 35.7 Å². The molecule has 0 aliphatic carbocycles. The molecule has 1 saturated heterocycles. The Hall–Kier alpha value is -1.68. The Labute approximate surface area is 126 Å². The van der Waals surface area contributed by atoms with Gasteiger partial charge in [-0.1, -0.05) is 17.7 Å². The Balaban J connectivity index is 1.95. The lowest BCUT2D eigenvalue weighted by Crippen LogP contribution is -2.40. The molecule has 1 atom stereocenters. The average Bonchev–Trinajstić information content (AvgIpc) is 2.95. The number of benzene rings is 1. The molecule has 1 aromatic rings. The maximum Gasteiger partial charge on any atom is 0.223 e. The van der Waals surface area contributed by atoms with Gasteiger partial charge in [-0.15, -0.1) is 0 Å². The highest BCUT2D eigenvalue weighted by Gasteiger charge is 2.27. The molecule has 4 heteroatoms. The van der Waals surface area contributed by atoms with Gasteiger partial charge in [-0.2, -0.15) is 0 Å². The van der Waals surface area contributed by atoms with Crippen LogP contribution in [0.15, 0.2) is 18.2 Å². The zero-order valence-electron chi connectivity index (χ0n) is 12.9. The number of rotatable bonds is 5. The molecule has 1 fully saturated rings. The maximum atomic E-state index is 12.3. The van der Waals surface area contributed by atoms with E-state index in [1.807, 2.05) is 36.9 Å². The Bertz CT molecular complexity index is 540. The molecule has 2 rings (SSSR count). The van der Waals surface area contributed by atoms with Crippen molar-refractivity contribution in [2.75, 3.05) is 13.1 Å². The zero-order chi connectivity index (χ0) is 15.4. The highest BCUT2D eigenvalue weighted by atomic mass is 16.2. The molecule has 1 aliphatic heterocycles. The molecule has 0 bridgehead atoms. The molecule has 21 heavy (non-hydrogen) atoms. The van der Waals surface area contributed by atoms with Crippen molar-refractivity contribution in [1.29, 1.82) is 0 Å². The van der Waals surface area contributed by atoms with E-state index in [1.54, 1.807) is 0 Å². The molecule has 1 amide bonds. The van der Waals surface area contributed by atoms with E-state index in [1.165, 1.54) is 0 Å². The number of carbonyl (C=O) groups excluding carboxylic acids is 2. The monoisotopic (exact) mass is 288 g/mol. The highest BCUT2D eigenvalue weighted by Crippen LogP contribution is 2.19. The van der Waals surface area contributed by atoms with E-state index < -0.39 is 0 Å². The lowest BCUT2D eigenvalue weighted by Gasteiger charge is -2.23. The molecule has 0 saturated carbocycles. The molecule has 114 valence electrons. The summed E-state index contributed by atoms with van der Waals surface area (Å²) in [4.78, 5) is 26.4. The first-order valence-electron chi connectivity index (χ1n) is 7.63. The summed E-state index contributed by atoms with van der Waals surface area (Å²) >= 11 is 0. The van der Waals surface area contributed by atoms with Gasteiger partial charge in [0.2, 0.25) is 5.91 Å². The second-order valence-electron chi connectivity index (χ2n) is 5.86. The Morgan fingerprint density at radius 3 is 2.76 bits per heavy atom. The van der Waals surface area contributed by atoms with Crippen molar-refractivity contribution < 1.29 is 9.59 Å². The Morgan fingerprint density at radius 2 is 2.05 bits per heavy atom. The zero-order valence-corrected chi connectivity index (χ0v) is 12.9. The predicted octanol–water partition coefficient (Wildman–Crippen LogP) is 2.22. The molecular formula is C17H24N2O2. The van der Waals surface area contributed by atoms with Gasteiger partial charge in [-0.3, -0.25) is 9.59 Å². The number of carbonyl (C=O) groups is 2. The van der Waals surface area contributed by atoms with Crippen molar-refractivity contribution >= 4 is 11.7 Å². The van der Waals surface area contributed by atoms with Crippen LogP contribution in [0.5, 0.6) is 0 Å². The van der Waals surface area contributed by atoms with E-state index in [2.05, 4.69) is 0 Å². The predicted molar refractivity (Wildman–Crippen MR) is 83.3 cm³/mol. The van der Waals surface area contributed by atoms with Gasteiger partial charge in [-0.25, -0.2) is 0 Å². The Kier molecular flexibility index (Phi) is 5.12. The van der Waals surface area contributed by atoms with Gasteiger partial charge >= 0.3 is 0 Å². The van der Waals surface area contributed by atoms with Gasteiger partial charge < -0.3 is 10.6 Å². The van der Waals surface area contributed by atoms with Crippen molar-refractivity contribution in [3.63, 3.8) is 0 Å². The first-order chi connectivity index (χ1) is 10.0. The van der Waals surface area contributed by atoms with Gasteiger partial charge in [0, 0.05) is 37.5 Å². The summed E-state index contributed by atoms with van der Waals surface area (Å²) in [5, 5.41) is 0. The van der Waals surface area contributed by atoms with E-state index in [-0.39, 0.29) is 30.6 Å². The fourth-order valence-electron chi connectivity index (χ4n) is 2.94. The topological polar surface area (TPSA) is 63.4 Å². The molecule has 1 heterocycles. The number of amides is 1. The van der Waals surface area contributed by atoms with Crippen molar-refractivity contribution in [3.8, 4) is 0 Å². The summed E-state index contributed by atoms with van der Waals surface area (Å²) in [5.74, 6) is 0.106. The fourth-order valence-corrected chi connectivity index (χ4v) is 2.94. The second-order valence-corrected chi connectivity index (χ2v) is 5.86. The van der Waals surface area contributed by atoms with Crippen molar-refractivity contribution in [3.05, 3.63) is 34.9 Å². The van der Waals surface area contributed by atoms with Gasteiger partial charge in [-0.05, 0) is 38.3 Å². The summed E-state index contributed by atoms with van der Waals surface area (Å²) < 4.78 is 0. The lowest BCUT2D eigenvalue weighted by molar-refractivity contribution is -0.131. The number of ketones is 1. The van der Waals surface area contributed by atoms with Crippen LogP contribution in [0.4, 0.5) is 0 Å².